The zero-order chi connectivity index (χ0) is 19.1. The van der Waals surface area contributed by atoms with Crippen molar-refractivity contribution in [3.8, 4) is 5.75 Å². The molecule has 27 heavy (non-hydrogen) atoms. The number of hydrogen-bond acceptors (Lipinski definition) is 3. The summed E-state index contributed by atoms with van der Waals surface area (Å²) in [6.07, 6.45) is 3.77. The Bertz CT molecular complexity index is 745. The van der Waals surface area contributed by atoms with Crippen LogP contribution in [0, 0.1) is 0 Å². The minimum absolute atomic E-state index is 0.462. The van der Waals surface area contributed by atoms with E-state index >= 15 is 0 Å². The van der Waals surface area contributed by atoms with E-state index in [0.29, 0.717) is 26.1 Å². The molecule has 6 heteroatoms. The van der Waals surface area contributed by atoms with E-state index in [1.807, 2.05) is 30.3 Å². The third kappa shape index (κ3) is 6.47. The van der Waals surface area contributed by atoms with E-state index < -0.39 is 13.3 Å². The van der Waals surface area contributed by atoms with Crippen molar-refractivity contribution in [1.82, 2.24) is 4.90 Å². The molecule has 1 aliphatic heterocycles. The molecule has 1 unspecified atom stereocenters. The highest BCUT2D eigenvalue weighted by Gasteiger charge is 2.35. The van der Waals surface area contributed by atoms with Gasteiger partial charge in [0.15, 0.2) is 0 Å². The smallest absolute Gasteiger partial charge is 0.329 e. The van der Waals surface area contributed by atoms with Gasteiger partial charge in [0.25, 0.3) is 0 Å². The van der Waals surface area contributed by atoms with E-state index in [9.17, 15) is 14.4 Å². The minimum atomic E-state index is -3.96. The summed E-state index contributed by atoms with van der Waals surface area (Å²) < 4.78 is 17.2. The van der Waals surface area contributed by atoms with Crippen LogP contribution in [0.1, 0.15) is 30.4 Å². The predicted octanol–water partition coefficient (Wildman–Crippen LogP) is 3.84. The third-order valence-corrected chi connectivity index (χ3v) is 6.40. The van der Waals surface area contributed by atoms with Crippen molar-refractivity contribution >= 4 is 7.60 Å². The molecule has 0 aromatic heterocycles. The van der Waals surface area contributed by atoms with E-state index in [1.165, 1.54) is 5.56 Å². The van der Waals surface area contributed by atoms with E-state index in [-0.39, 0.29) is 0 Å². The van der Waals surface area contributed by atoms with Gasteiger partial charge in [-0.05, 0) is 55.5 Å². The van der Waals surface area contributed by atoms with Crippen LogP contribution >= 0.6 is 7.60 Å². The monoisotopic (exact) mass is 389 g/mol. The average Bonchev–Trinajstić information content (AvgIpc) is 3.13. The fourth-order valence-corrected chi connectivity index (χ4v) is 4.34. The van der Waals surface area contributed by atoms with E-state index in [0.717, 1.165) is 37.1 Å². The molecule has 5 nitrogen and oxygen atoms in total. The molecule has 0 aliphatic carbocycles. The van der Waals surface area contributed by atoms with Gasteiger partial charge < -0.3 is 14.5 Å². The molecule has 0 bridgehead atoms. The molecule has 2 aromatic carbocycles. The first kappa shape index (κ1) is 20.1. The highest BCUT2D eigenvalue weighted by Crippen LogP contribution is 2.45. The highest BCUT2D eigenvalue weighted by atomic mass is 31.2. The maximum Gasteiger partial charge on any atom is 0.329 e. The van der Waals surface area contributed by atoms with Crippen LogP contribution in [0.5, 0.6) is 5.75 Å². The molecular formula is C21H28NO4P. The van der Waals surface area contributed by atoms with Crippen LogP contribution in [0.25, 0.3) is 0 Å². The lowest BCUT2D eigenvalue weighted by atomic mass is 10.1. The number of ether oxygens (including phenoxy) is 1. The van der Waals surface area contributed by atoms with Gasteiger partial charge in [0.05, 0.1) is 12.3 Å². The Kier molecular flexibility index (Phi) is 7.08. The van der Waals surface area contributed by atoms with Crippen molar-refractivity contribution in [2.24, 2.45) is 0 Å². The van der Waals surface area contributed by atoms with Gasteiger partial charge in [-0.25, -0.2) is 0 Å². The molecule has 146 valence electrons. The molecule has 1 saturated heterocycles. The normalized spacial score (nSPS) is 17.9. The minimum Gasteiger partial charge on any atom is -0.494 e. The first-order chi connectivity index (χ1) is 13.0. The van der Waals surface area contributed by atoms with Gasteiger partial charge in [-0.1, -0.05) is 42.5 Å². The average molecular weight is 389 g/mol. The molecule has 0 radical (unpaired) electrons. The summed E-state index contributed by atoms with van der Waals surface area (Å²) in [5.74, 6) is 0.868. The van der Waals surface area contributed by atoms with Gasteiger partial charge in [-0.15, -0.1) is 0 Å². The fourth-order valence-electron chi connectivity index (χ4n) is 3.45. The maximum atomic E-state index is 11.4. The topological polar surface area (TPSA) is 70.0 Å². The predicted molar refractivity (Wildman–Crippen MR) is 107 cm³/mol. The Labute approximate surface area is 161 Å². The summed E-state index contributed by atoms with van der Waals surface area (Å²) >= 11 is 0. The Morgan fingerprint density at radius 1 is 1.00 bits per heavy atom. The number of likely N-dealkylation sites (tertiary alicyclic amines) is 1. The summed E-state index contributed by atoms with van der Waals surface area (Å²) in [4.78, 5) is 20.7. The zero-order valence-electron chi connectivity index (χ0n) is 15.5. The molecule has 1 aliphatic rings. The standard InChI is InChI=1S/C21H28NO4P/c23-27(24,25)21-13-14-22(17-21)16-19-9-11-20(12-10-19)26-15-5-4-8-18-6-2-1-3-7-18/h1-3,6-7,9-12,21H,4-5,8,13-17H2,(H2,23,24,25). The lowest BCUT2D eigenvalue weighted by molar-refractivity contribution is 0.305. The van der Waals surface area contributed by atoms with E-state index in [1.54, 1.807) is 0 Å². The van der Waals surface area contributed by atoms with Gasteiger partial charge in [-0.2, -0.15) is 0 Å². The molecule has 1 fully saturated rings. The quantitative estimate of drug-likeness (QED) is 0.504. The second kappa shape index (κ2) is 9.52. The van der Waals surface area contributed by atoms with Gasteiger partial charge >= 0.3 is 7.60 Å². The molecule has 1 atom stereocenters. The van der Waals surface area contributed by atoms with Crippen LogP contribution in [0.15, 0.2) is 54.6 Å². The van der Waals surface area contributed by atoms with Gasteiger partial charge in [0, 0.05) is 13.1 Å². The summed E-state index contributed by atoms with van der Waals surface area (Å²) in [5, 5.41) is 0. The van der Waals surface area contributed by atoms with Crippen molar-refractivity contribution in [2.45, 2.75) is 37.9 Å². The number of hydrogen-bond donors (Lipinski definition) is 2. The van der Waals surface area contributed by atoms with Crippen molar-refractivity contribution in [1.29, 1.82) is 0 Å². The number of rotatable bonds is 9. The first-order valence-corrected chi connectivity index (χ1v) is 11.2. The van der Waals surface area contributed by atoms with Crippen LogP contribution in [0.3, 0.4) is 0 Å². The SMILES string of the molecule is O=P(O)(O)C1CCN(Cc2ccc(OCCCCc3ccccc3)cc2)C1. The largest absolute Gasteiger partial charge is 0.494 e. The van der Waals surface area contributed by atoms with Gasteiger partial charge in [0.1, 0.15) is 5.75 Å². The summed E-state index contributed by atoms with van der Waals surface area (Å²) in [6, 6.07) is 18.5. The van der Waals surface area contributed by atoms with Crippen LogP contribution in [0.2, 0.25) is 0 Å². The lowest BCUT2D eigenvalue weighted by Gasteiger charge is -2.17. The fraction of sp³-hybridized carbons (Fsp3) is 0.429. The first-order valence-electron chi connectivity index (χ1n) is 9.54. The Balaban J connectivity index is 1.36. The molecule has 2 aromatic rings. The van der Waals surface area contributed by atoms with E-state index in [2.05, 4.69) is 29.2 Å². The number of benzene rings is 2. The molecule has 0 spiro atoms. The molecule has 0 saturated carbocycles. The molecule has 0 amide bonds. The Morgan fingerprint density at radius 2 is 1.74 bits per heavy atom. The molecule has 2 N–H and O–H groups in total. The third-order valence-electron chi connectivity index (χ3n) is 5.02. The van der Waals surface area contributed by atoms with Crippen LogP contribution in [-0.2, 0) is 17.5 Å². The second-order valence-electron chi connectivity index (χ2n) is 7.20. The van der Waals surface area contributed by atoms with Crippen LogP contribution in [0.4, 0.5) is 0 Å². The molecule has 3 rings (SSSR count). The molecule has 1 heterocycles. The van der Waals surface area contributed by atoms with Crippen molar-refractivity contribution in [3.05, 3.63) is 65.7 Å². The van der Waals surface area contributed by atoms with Gasteiger partial charge in [-0.3, -0.25) is 9.46 Å². The number of unbranched alkanes of at least 4 members (excludes halogenated alkanes) is 1. The number of nitrogens with zero attached hydrogens (tertiary/aromatic N) is 1. The summed E-state index contributed by atoms with van der Waals surface area (Å²) in [6.45, 7) is 2.62. The van der Waals surface area contributed by atoms with Crippen molar-refractivity contribution < 1.29 is 19.1 Å². The summed E-state index contributed by atoms with van der Waals surface area (Å²) in [5.41, 5.74) is 1.98. The van der Waals surface area contributed by atoms with Gasteiger partial charge in [0.2, 0.25) is 0 Å². The van der Waals surface area contributed by atoms with Crippen molar-refractivity contribution in [3.63, 3.8) is 0 Å². The Hall–Kier alpha value is -1.65. The Morgan fingerprint density at radius 3 is 2.41 bits per heavy atom. The van der Waals surface area contributed by atoms with Crippen LogP contribution < -0.4 is 4.74 Å². The van der Waals surface area contributed by atoms with Crippen molar-refractivity contribution in [2.75, 3.05) is 19.7 Å². The summed E-state index contributed by atoms with van der Waals surface area (Å²) in [7, 11) is -3.96. The molecular weight excluding hydrogens is 361 g/mol. The number of aryl methyl sites for hydroxylation is 1. The maximum absolute atomic E-state index is 11.4. The van der Waals surface area contributed by atoms with Crippen LogP contribution in [-0.4, -0.2) is 40.0 Å². The van der Waals surface area contributed by atoms with E-state index in [4.69, 9.17) is 4.74 Å². The zero-order valence-corrected chi connectivity index (χ0v) is 16.4. The second-order valence-corrected chi connectivity index (χ2v) is 9.11. The highest BCUT2D eigenvalue weighted by molar-refractivity contribution is 7.52. The lowest BCUT2D eigenvalue weighted by Crippen LogP contribution is -2.21.